The Morgan fingerprint density at radius 1 is 0.429 bits per heavy atom. The third kappa shape index (κ3) is 7.56. The average Bonchev–Trinajstić information content (AvgIpc) is 2.84. The van der Waals surface area contributed by atoms with Gasteiger partial charge in [0.15, 0.2) is 0 Å². The molecule has 0 spiro atoms. The summed E-state index contributed by atoms with van der Waals surface area (Å²) in [7, 11) is -2.75. The summed E-state index contributed by atoms with van der Waals surface area (Å²) in [6.07, 6.45) is 0. The first kappa shape index (κ1) is 27.2. The first-order valence-corrected chi connectivity index (χ1v) is 19.3. The molecule has 0 saturated heterocycles. The molecule has 0 bridgehead atoms. The van der Waals surface area contributed by atoms with Gasteiger partial charge >= 0.3 is 0 Å². The van der Waals surface area contributed by atoms with Crippen LogP contribution in [0.1, 0.15) is 0 Å². The Bertz CT molecular complexity index is 1050. The van der Waals surface area contributed by atoms with Crippen LogP contribution in [0, 0.1) is 0 Å². The number of hydrogen-bond acceptors (Lipinski definition) is 0. The minimum atomic E-state index is -1.69. The third-order valence-electron chi connectivity index (χ3n) is 5.73. The molecule has 0 N–H and O–H groups in total. The second-order valence-corrected chi connectivity index (χ2v) is 21.6. The van der Waals surface area contributed by atoms with Gasteiger partial charge in [-0.25, -0.2) is 0 Å². The molecule has 0 nitrogen and oxygen atoms in total. The normalized spacial score (nSPS) is 11.9. The van der Waals surface area contributed by atoms with Gasteiger partial charge in [-0.05, 0) is 97.2 Å². The van der Waals surface area contributed by atoms with Crippen LogP contribution in [0.25, 0.3) is 0 Å². The predicted octanol–water partition coefficient (Wildman–Crippen LogP) is 8.65. The van der Waals surface area contributed by atoms with E-state index in [4.69, 9.17) is 46.4 Å². The third-order valence-corrected chi connectivity index (χ3v) is 19.8. The quantitative estimate of drug-likeness (QED) is 0.142. The molecule has 0 saturated carbocycles. The fraction of sp³-hybridized carbons (Fsp3) is 0.143. The van der Waals surface area contributed by atoms with Gasteiger partial charge in [0.25, 0.3) is 0 Å². The van der Waals surface area contributed by atoms with Crippen LogP contribution in [0.5, 0.6) is 0 Å². The topological polar surface area (TPSA) is 0 Å². The lowest BCUT2D eigenvalue weighted by Gasteiger charge is -2.33. The molecular weight excluding hydrogens is 568 g/mol. The predicted molar refractivity (Wildman–Crippen MR) is 165 cm³/mol. The van der Waals surface area contributed by atoms with Crippen molar-refractivity contribution < 1.29 is 0 Å². The van der Waals surface area contributed by atoms with E-state index < -0.39 is 23.9 Å². The van der Waals surface area contributed by atoms with Crippen molar-refractivity contribution in [1.82, 2.24) is 0 Å². The van der Waals surface area contributed by atoms with Crippen LogP contribution < -0.4 is 21.2 Å². The lowest BCUT2D eigenvalue weighted by molar-refractivity contribution is 1.61. The minimum Gasteiger partial charge on any atom is -0.0843 e. The summed E-state index contributed by atoms with van der Waals surface area (Å²) in [6.45, 7) is 5.05. The van der Waals surface area contributed by atoms with E-state index in [1.54, 1.807) is 0 Å². The first-order chi connectivity index (χ1) is 16.7. The molecule has 0 fully saturated rings. The Balaban J connectivity index is 1.68. The summed E-state index contributed by atoms with van der Waals surface area (Å²) in [5, 5.41) is 8.50. The van der Waals surface area contributed by atoms with Crippen molar-refractivity contribution in [2.75, 3.05) is 11.6 Å². The minimum absolute atomic E-state index is 0.530. The van der Waals surface area contributed by atoms with Crippen LogP contribution >= 0.6 is 62.2 Å². The Morgan fingerprint density at radius 3 is 0.829 bits per heavy atom. The zero-order valence-electron chi connectivity index (χ0n) is 19.6. The van der Waals surface area contributed by atoms with Crippen molar-refractivity contribution in [2.45, 2.75) is 13.1 Å². The van der Waals surface area contributed by atoms with Gasteiger partial charge < -0.3 is 0 Å². The molecule has 0 radical (unpaired) electrons. The van der Waals surface area contributed by atoms with E-state index in [0.29, 0.717) is 0 Å². The second-order valence-electron chi connectivity index (χ2n) is 9.24. The Labute approximate surface area is 232 Å². The Morgan fingerprint density at radius 2 is 0.629 bits per heavy atom. The lowest BCUT2D eigenvalue weighted by atomic mass is 10.4. The number of benzene rings is 4. The SMILES string of the molecule is C[Si](C)(CP(c1ccc(Cl)cc1)c1ccc(Cl)cc1)CP(c1ccc(Cl)cc1)c1ccc(Cl)cc1. The Hall–Kier alpha value is -0.883. The highest BCUT2D eigenvalue weighted by Gasteiger charge is 2.31. The maximum absolute atomic E-state index is 6.23. The molecule has 0 heterocycles. The monoisotopic (exact) mass is 592 g/mol. The van der Waals surface area contributed by atoms with Gasteiger partial charge in [0.2, 0.25) is 0 Å². The molecule has 4 rings (SSSR count). The maximum atomic E-state index is 6.23. The molecule has 0 atom stereocenters. The van der Waals surface area contributed by atoms with E-state index in [2.05, 4.69) is 61.6 Å². The molecule has 4 aromatic carbocycles. The molecule has 0 aliphatic rings. The molecule has 180 valence electrons. The molecule has 0 aliphatic carbocycles. The van der Waals surface area contributed by atoms with Gasteiger partial charge in [-0.1, -0.05) is 108 Å². The average molecular weight is 594 g/mol. The summed E-state index contributed by atoms with van der Waals surface area (Å²) >= 11 is 24.9. The standard InChI is InChI=1S/C28H26Cl4P2Si/c1-35(2,19-33(25-11-3-21(29)4-12-25)26-13-5-22(30)6-14-26)20-34(27-15-7-23(31)8-16-27)28-17-9-24(32)10-18-28/h3-18H,19-20H2,1-2H3. The van der Waals surface area contributed by atoms with Gasteiger partial charge in [0, 0.05) is 20.1 Å². The summed E-state index contributed by atoms with van der Waals surface area (Å²) in [6, 6.07) is 33.6. The van der Waals surface area contributed by atoms with E-state index in [9.17, 15) is 0 Å². The van der Waals surface area contributed by atoms with Crippen LogP contribution in [0.3, 0.4) is 0 Å². The van der Waals surface area contributed by atoms with Crippen molar-refractivity contribution in [3.63, 3.8) is 0 Å². The van der Waals surface area contributed by atoms with Gasteiger partial charge in [-0.3, -0.25) is 0 Å². The van der Waals surface area contributed by atoms with E-state index >= 15 is 0 Å². The largest absolute Gasteiger partial charge is 0.0843 e. The van der Waals surface area contributed by atoms with Crippen molar-refractivity contribution in [2.24, 2.45) is 0 Å². The van der Waals surface area contributed by atoms with Gasteiger partial charge in [0.1, 0.15) is 0 Å². The van der Waals surface area contributed by atoms with Gasteiger partial charge in [-0.15, -0.1) is 0 Å². The van der Waals surface area contributed by atoms with Crippen molar-refractivity contribution in [3.8, 4) is 0 Å². The fourth-order valence-corrected chi connectivity index (χ4v) is 18.3. The summed E-state index contributed by atoms with van der Waals surface area (Å²) < 4.78 is 0. The first-order valence-electron chi connectivity index (χ1n) is 11.3. The zero-order chi connectivity index (χ0) is 25.0. The molecule has 0 aromatic heterocycles. The molecule has 0 aliphatic heterocycles. The van der Waals surface area contributed by atoms with Crippen LogP contribution in [-0.2, 0) is 0 Å². The highest BCUT2D eigenvalue weighted by atomic mass is 35.5. The number of hydrogen-bond donors (Lipinski definition) is 0. The van der Waals surface area contributed by atoms with E-state index in [1.807, 2.05) is 48.5 Å². The van der Waals surface area contributed by atoms with Crippen molar-refractivity contribution in [1.29, 1.82) is 0 Å². The van der Waals surface area contributed by atoms with Crippen molar-refractivity contribution >= 4 is 91.5 Å². The zero-order valence-corrected chi connectivity index (χ0v) is 25.4. The maximum Gasteiger partial charge on any atom is 0.0572 e. The molecule has 35 heavy (non-hydrogen) atoms. The van der Waals surface area contributed by atoms with Crippen LogP contribution in [0.2, 0.25) is 33.2 Å². The molecule has 4 aromatic rings. The van der Waals surface area contributed by atoms with Gasteiger partial charge in [0.05, 0.1) is 8.07 Å². The van der Waals surface area contributed by atoms with Crippen molar-refractivity contribution in [3.05, 3.63) is 117 Å². The number of rotatable bonds is 8. The smallest absolute Gasteiger partial charge is 0.0572 e. The van der Waals surface area contributed by atoms with E-state index in [0.717, 1.165) is 20.1 Å². The highest BCUT2D eigenvalue weighted by molar-refractivity contribution is 7.78. The molecular formula is C28H26Cl4P2Si. The molecule has 0 amide bonds. The van der Waals surface area contributed by atoms with Crippen LogP contribution in [0.4, 0.5) is 0 Å². The lowest BCUT2D eigenvalue weighted by Crippen LogP contribution is -2.40. The summed E-state index contributed by atoms with van der Waals surface area (Å²) in [5.74, 6) is 2.37. The highest BCUT2D eigenvalue weighted by Crippen LogP contribution is 2.43. The van der Waals surface area contributed by atoms with E-state index in [-0.39, 0.29) is 0 Å². The van der Waals surface area contributed by atoms with E-state index in [1.165, 1.54) is 32.8 Å². The summed E-state index contributed by atoms with van der Waals surface area (Å²) in [5.41, 5.74) is 0. The molecule has 0 unspecified atom stereocenters. The molecule has 7 heteroatoms. The number of halogens is 4. The van der Waals surface area contributed by atoms with Gasteiger partial charge in [-0.2, -0.15) is 0 Å². The Kier molecular flexibility index (Phi) is 9.40. The second kappa shape index (κ2) is 12.1. The fourth-order valence-electron chi connectivity index (χ4n) is 4.05. The van der Waals surface area contributed by atoms with Crippen LogP contribution in [-0.4, -0.2) is 19.6 Å². The van der Waals surface area contributed by atoms with Crippen LogP contribution in [0.15, 0.2) is 97.1 Å². The summed E-state index contributed by atoms with van der Waals surface area (Å²) in [4.78, 5) is 0.